The van der Waals surface area contributed by atoms with E-state index in [1.165, 1.54) is 0 Å². The van der Waals surface area contributed by atoms with Crippen molar-refractivity contribution in [2.24, 2.45) is 5.73 Å². The summed E-state index contributed by atoms with van der Waals surface area (Å²) in [5.74, 6) is -0.968. The van der Waals surface area contributed by atoms with Crippen LogP contribution in [0.2, 0.25) is 0 Å². The summed E-state index contributed by atoms with van der Waals surface area (Å²) in [5, 5.41) is 7.60. The van der Waals surface area contributed by atoms with Crippen LogP contribution in [0.4, 0.5) is 0 Å². The number of carbonyl (C=O) groups is 1. The van der Waals surface area contributed by atoms with Gasteiger partial charge >= 0.3 is 5.97 Å². The van der Waals surface area contributed by atoms with Crippen molar-refractivity contribution in [3.05, 3.63) is 0 Å². The number of aliphatic carboxylic acids is 1. The maximum Gasteiger partial charge on any atom is 0.317 e. The lowest BCUT2D eigenvalue weighted by Crippen LogP contribution is -2.10. The Hall–Kier alpha value is 0.415. The number of hydrogen-bond acceptors (Lipinski definition) is 2. The van der Waals surface area contributed by atoms with E-state index in [2.05, 4.69) is 5.73 Å². The lowest BCUT2D eigenvalue weighted by Gasteiger charge is -1.73. The minimum atomic E-state index is -0.968. The molecule has 9 heavy (non-hydrogen) atoms. The van der Waals surface area contributed by atoms with Gasteiger partial charge in [-0.15, -0.1) is 0 Å². The van der Waals surface area contributed by atoms with Gasteiger partial charge in [-0.3, -0.25) is 4.79 Å². The van der Waals surface area contributed by atoms with Gasteiger partial charge in [-0.25, -0.2) is 0 Å². The molecule has 0 unspecified atom stereocenters. The Bertz CT molecular complexity index is 51.8. The largest absolute Gasteiger partial charge is 0.480 e. The molecule has 0 amide bonds. The molecule has 0 aliphatic rings. The normalized spacial score (nSPS) is 4.11. The van der Waals surface area contributed by atoms with E-state index in [0.717, 1.165) is 0 Å². The van der Waals surface area contributed by atoms with Crippen LogP contribution < -0.4 is 5.73 Å². The molecule has 0 saturated carbocycles. The molecule has 5 nitrogen and oxygen atoms in total. The minimum Gasteiger partial charge on any atom is -0.480 e. The first kappa shape index (κ1) is 34.2. The number of carboxylic acids is 1. The first-order chi connectivity index (χ1) is 2.27. The second kappa shape index (κ2) is 23.7. The molecule has 0 heterocycles. The summed E-state index contributed by atoms with van der Waals surface area (Å²) in [7, 11) is 0. The lowest BCUT2D eigenvalue weighted by atomic mass is 10.7. The summed E-state index contributed by atoms with van der Waals surface area (Å²) in [4.78, 5) is 9.24. The molecular weight excluding hydrogens is 156 g/mol. The summed E-state index contributed by atoms with van der Waals surface area (Å²) in [6.45, 7) is -0.278. The van der Waals surface area contributed by atoms with Crippen molar-refractivity contribution >= 4 is 40.7 Å². The second-order valence-corrected chi connectivity index (χ2v) is 0.598. The molecule has 56 valence electrons. The molecule has 0 aromatic carbocycles. The highest BCUT2D eigenvalue weighted by molar-refractivity contribution is 5.76. The van der Waals surface area contributed by atoms with Gasteiger partial charge in [0.15, 0.2) is 17.4 Å². The van der Waals surface area contributed by atoms with E-state index in [1.807, 2.05) is 0 Å². The van der Waals surface area contributed by atoms with Crippen LogP contribution in [-0.2, 0) is 4.79 Å². The Morgan fingerprint density at radius 1 is 1.44 bits per heavy atom. The van der Waals surface area contributed by atoms with Gasteiger partial charge in [0, 0.05) is 0 Å². The number of rotatable bonds is 1. The fourth-order valence-corrected chi connectivity index (χ4v) is 0. The van der Waals surface area contributed by atoms with Gasteiger partial charge in [-0.05, 0) is 0 Å². The molecule has 0 spiro atoms. The number of hydrogen-bond donors (Lipinski definition) is 2. The highest BCUT2D eigenvalue weighted by Crippen LogP contribution is 1.43. The van der Waals surface area contributed by atoms with Crippen LogP contribution in [0.5, 0.6) is 0 Å². The molecule has 0 aromatic heterocycles. The molecule has 0 rings (SSSR count). The third-order valence-electron chi connectivity index (χ3n) is 0.175. The first-order valence-corrected chi connectivity index (χ1v) is 1.19. The summed E-state index contributed by atoms with van der Waals surface area (Å²) in [5.41, 5.74) is 4.57. The summed E-state index contributed by atoms with van der Waals surface area (Å²) in [6, 6.07) is 0. The Labute approximate surface area is 74.1 Å². The van der Waals surface area contributed by atoms with Gasteiger partial charge in [0.25, 0.3) is 0 Å². The molecule has 7 N–H and O–H groups in total. The third kappa shape index (κ3) is 59.4. The van der Waals surface area contributed by atoms with Crippen molar-refractivity contribution in [2.75, 3.05) is 6.54 Å². The van der Waals surface area contributed by atoms with E-state index in [9.17, 15) is 4.79 Å². The van der Waals surface area contributed by atoms with Gasteiger partial charge in [0.1, 0.15) is 0 Å². The second-order valence-electron chi connectivity index (χ2n) is 0.598. The lowest BCUT2D eigenvalue weighted by molar-refractivity contribution is -0.135. The van der Waals surface area contributed by atoms with Crippen molar-refractivity contribution in [3.63, 3.8) is 0 Å². The van der Waals surface area contributed by atoms with Crippen LogP contribution in [0.25, 0.3) is 0 Å². The zero-order valence-corrected chi connectivity index (χ0v) is 5.76. The third-order valence-corrected chi connectivity index (χ3v) is 0.175. The smallest absolute Gasteiger partial charge is 0.317 e. The Balaban J connectivity index is -0.0000000133. The Kier molecular flexibility index (Phi) is 90.2. The zero-order valence-electron chi connectivity index (χ0n) is 4.35. The number of carboxylic acid groups (broad SMARTS) is 1. The van der Waals surface area contributed by atoms with Gasteiger partial charge in [0.2, 0.25) is 0 Å². The van der Waals surface area contributed by atoms with E-state index in [0.29, 0.717) is 0 Å². The topological polar surface area (TPSA) is 126 Å². The van der Waals surface area contributed by atoms with Crippen LogP contribution in [-0.4, -0.2) is 63.3 Å². The highest BCUT2D eigenvalue weighted by atomic mass is 27.0. The zero-order chi connectivity index (χ0) is 4.28. The Morgan fingerprint density at radius 2 is 1.56 bits per heavy atom. The van der Waals surface area contributed by atoms with Crippen LogP contribution in [0, 0.1) is 0 Å². The summed E-state index contributed by atoms with van der Waals surface area (Å²) < 4.78 is 0. The molecule has 0 saturated heterocycles. The average Bonchev–Trinajstić information content (AvgIpc) is 1.38. The predicted octanol–water partition coefficient (Wildman–Crippen LogP) is -4.45. The Morgan fingerprint density at radius 3 is 1.56 bits per heavy atom. The molecule has 0 atom stereocenters. The molecule has 0 bridgehead atoms. The molecule has 0 aromatic rings. The van der Waals surface area contributed by atoms with Crippen LogP contribution in [0.1, 0.15) is 0 Å². The monoisotopic (exact) mass is 169 g/mol. The van der Waals surface area contributed by atoms with Crippen molar-refractivity contribution in [1.29, 1.82) is 0 Å². The summed E-state index contributed by atoms with van der Waals surface area (Å²) >= 11 is 0. The fourth-order valence-electron chi connectivity index (χ4n) is 0. The SMILES string of the molecule is NCC(=O)O.O.O.[AlH3].[AlH]. The van der Waals surface area contributed by atoms with Crippen molar-refractivity contribution < 1.29 is 20.9 Å². The fraction of sp³-hybridized carbons (Fsp3) is 0.500. The molecule has 0 fully saturated rings. The molecular formula is C2H13Al2NO4. The van der Waals surface area contributed by atoms with E-state index in [-0.39, 0.29) is 52.2 Å². The average molecular weight is 169 g/mol. The standard InChI is InChI=1S/C2H5NO2.2Al.2H2O.4H/c3-1-2(4)5;;;;;;;;/h1,3H2,(H,4,5);;;2*1H2;;;;. The summed E-state index contributed by atoms with van der Waals surface area (Å²) in [6.07, 6.45) is 0. The van der Waals surface area contributed by atoms with Crippen molar-refractivity contribution in [2.45, 2.75) is 0 Å². The first-order valence-electron chi connectivity index (χ1n) is 1.19. The van der Waals surface area contributed by atoms with Gasteiger partial charge in [-0.2, -0.15) is 0 Å². The van der Waals surface area contributed by atoms with Crippen LogP contribution >= 0.6 is 0 Å². The van der Waals surface area contributed by atoms with E-state index < -0.39 is 5.97 Å². The molecule has 0 aliphatic carbocycles. The predicted molar refractivity (Wildman–Crippen MR) is 41.0 cm³/mol. The van der Waals surface area contributed by atoms with Crippen LogP contribution in [0.3, 0.4) is 0 Å². The van der Waals surface area contributed by atoms with E-state index >= 15 is 0 Å². The van der Waals surface area contributed by atoms with Crippen molar-refractivity contribution in [1.82, 2.24) is 0 Å². The van der Waals surface area contributed by atoms with Crippen LogP contribution in [0.15, 0.2) is 0 Å². The van der Waals surface area contributed by atoms with E-state index in [1.54, 1.807) is 0 Å². The highest BCUT2D eigenvalue weighted by Gasteiger charge is 1.81. The molecule has 0 aliphatic heterocycles. The maximum absolute atomic E-state index is 9.24. The van der Waals surface area contributed by atoms with Crippen molar-refractivity contribution in [3.8, 4) is 0 Å². The van der Waals surface area contributed by atoms with E-state index in [4.69, 9.17) is 5.11 Å². The van der Waals surface area contributed by atoms with Gasteiger partial charge in [-0.1, -0.05) is 0 Å². The minimum absolute atomic E-state index is 0. The number of nitrogens with two attached hydrogens (primary N) is 1. The maximum atomic E-state index is 9.24. The quantitative estimate of drug-likeness (QED) is 0.384. The molecule has 2 radical (unpaired) electrons. The van der Waals surface area contributed by atoms with Gasteiger partial charge in [0.05, 0.1) is 23.9 Å². The van der Waals surface area contributed by atoms with Gasteiger partial charge < -0.3 is 21.8 Å². The molecule has 7 heteroatoms.